The van der Waals surface area contributed by atoms with Gasteiger partial charge in [-0.15, -0.1) is 0 Å². The Balaban J connectivity index is 0.000000512. The molecule has 0 radical (unpaired) electrons. The van der Waals surface area contributed by atoms with Crippen LogP contribution in [0.3, 0.4) is 0 Å². The molecule has 0 aliphatic rings. The van der Waals surface area contributed by atoms with Crippen molar-refractivity contribution in [3.05, 3.63) is 48.3 Å². The number of aromatic nitrogens is 1. The van der Waals surface area contributed by atoms with Gasteiger partial charge in [0, 0.05) is 54.9 Å². The van der Waals surface area contributed by atoms with Crippen LogP contribution in [0, 0.1) is 0 Å². The molecule has 1 aromatic heterocycles. The molecule has 28 nitrogen and oxygen atoms in total. The van der Waals surface area contributed by atoms with Gasteiger partial charge in [-0.3, -0.25) is 4.98 Å². The number of hydrogen-bond acceptors (Lipinski definition) is 3. The number of benzene rings is 1. The second-order valence-corrected chi connectivity index (χ2v) is 10.1. The molecule has 2 rings (SSSR count). The van der Waals surface area contributed by atoms with E-state index >= 15 is 0 Å². The molecule has 0 atom stereocenters. The van der Waals surface area contributed by atoms with Gasteiger partial charge in [-0.1, -0.05) is 69.9 Å². The van der Waals surface area contributed by atoms with Gasteiger partial charge in [-0.05, 0) is 66.1 Å². The molecule has 30 heteroatoms. The van der Waals surface area contributed by atoms with Crippen molar-refractivity contribution in [2.75, 3.05) is 0 Å². The van der Waals surface area contributed by atoms with Crippen molar-refractivity contribution in [1.82, 2.24) is 4.98 Å². The molecule has 3 N–H and O–H groups in total. The molecular weight excluding hydrogens is 717 g/mol. The molecule has 0 aliphatic carbocycles. The Morgan fingerprint density at radius 3 is 1.56 bits per heavy atom. The topological polar surface area (TPSA) is 368 Å². The maximum atomic E-state index is 10.4. The first-order valence-electron chi connectivity index (χ1n) is 13.7. The Kier molecular flexibility index (Phi) is 24.2. The van der Waals surface area contributed by atoms with E-state index in [0.29, 0.717) is 5.75 Å². The zero-order chi connectivity index (χ0) is 36.4. The van der Waals surface area contributed by atoms with Crippen LogP contribution in [-0.4, -0.2) is 10.1 Å². The average molecular weight is 747 g/mol. The zero-order valence-corrected chi connectivity index (χ0v) is 28.8. The van der Waals surface area contributed by atoms with E-state index in [4.69, 9.17) is 0 Å². The molecule has 1 aromatic carbocycles. The summed E-state index contributed by atoms with van der Waals surface area (Å²) in [6.07, 6.45) is 9.78. The molecule has 0 saturated carbocycles. The minimum atomic E-state index is 0.0959. The van der Waals surface area contributed by atoms with Gasteiger partial charge in [0.05, 0.1) is 0 Å². The second kappa shape index (κ2) is 29.0. The fourth-order valence-electron chi connectivity index (χ4n) is 3.29. The van der Waals surface area contributed by atoms with Crippen LogP contribution in [0.15, 0.2) is 173 Å². The number of pyridine rings is 1. The van der Waals surface area contributed by atoms with Gasteiger partial charge >= 0.3 is 81.6 Å². The second-order valence-electron chi connectivity index (χ2n) is 9.00. The van der Waals surface area contributed by atoms with Gasteiger partial charge in [0.2, 0.25) is 0 Å². The molecule has 0 fully saturated rings. The van der Waals surface area contributed by atoms with Gasteiger partial charge in [0.25, 0.3) is 0 Å². The molecule has 0 bridgehead atoms. The molecule has 0 saturated heterocycles. The molecular formula is C20H29N27OSV. The van der Waals surface area contributed by atoms with E-state index in [9.17, 15) is 5.11 Å². The summed E-state index contributed by atoms with van der Waals surface area (Å²) in [6.45, 7) is 6.76. The van der Waals surface area contributed by atoms with Gasteiger partial charge in [-0.25, -0.2) is 0 Å². The summed E-state index contributed by atoms with van der Waals surface area (Å²) in [6, 6.07) is 9.93. The van der Waals surface area contributed by atoms with Crippen LogP contribution in [-0.2, 0) is 30.4 Å². The third kappa shape index (κ3) is 21.5. The Morgan fingerprint density at radius 2 is 1.16 bits per heavy atom. The summed E-state index contributed by atoms with van der Waals surface area (Å²) in [4.78, 5) is 4.12. The monoisotopic (exact) mass is 746 g/mol. The molecule has 261 valence electrons. The molecule has 2 aromatic rings. The molecule has 0 amide bonds. The Hall–Kier alpha value is -6.23. The summed E-state index contributed by atoms with van der Waals surface area (Å²) < 4.78 is 3.37. The fourth-order valence-corrected chi connectivity index (χ4v) is 3.51. The number of phenolic OH excluding ortho intramolecular Hbond substituents is 1. The number of unbranched alkanes of at least 4 members (excludes halogenated alkanes) is 3. The van der Waals surface area contributed by atoms with Gasteiger partial charge in [-0.2, -0.15) is 0 Å². The molecule has 50 heavy (non-hydrogen) atoms. The van der Waals surface area contributed by atoms with Crippen LogP contribution < -0.4 is 5.84 Å². The third-order valence-electron chi connectivity index (χ3n) is 5.41. The van der Waals surface area contributed by atoms with Crippen molar-refractivity contribution in [2.24, 2.45) is 136 Å². The average Bonchev–Trinajstić information content (AvgIpc) is 3.12. The molecule has 1 heterocycles. The van der Waals surface area contributed by atoms with Crippen molar-refractivity contribution < 1.29 is 20.8 Å². The van der Waals surface area contributed by atoms with E-state index in [1.54, 1.807) is 12.4 Å². The van der Waals surface area contributed by atoms with Crippen molar-refractivity contribution >= 4 is 9.21 Å². The number of nitrogens with zero attached hydrogens (tertiary/aromatic N) is 26. The number of phenols is 1. The molecule has 0 unspecified atom stereocenters. The number of rotatable bonds is 19. The van der Waals surface area contributed by atoms with Crippen LogP contribution >= 0.6 is 0 Å². The number of nitrogens with two attached hydrogens (primary N) is 1. The van der Waals surface area contributed by atoms with E-state index in [1.807, 2.05) is 24.3 Å². The summed E-state index contributed by atoms with van der Waals surface area (Å²) in [5.41, 5.74) is 3.10. The minimum absolute atomic E-state index is 0.0959. The number of hydrogen-bond donors (Lipinski definition) is 2. The van der Waals surface area contributed by atoms with E-state index in [-0.39, 0.29) is 5.41 Å². The van der Waals surface area contributed by atoms with E-state index in [0.717, 1.165) is 26.8 Å². The van der Waals surface area contributed by atoms with E-state index in [1.165, 1.54) is 31.2 Å². The van der Waals surface area contributed by atoms with Crippen LogP contribution in [0.5, 0.6) is 5.75 Å². The van der Waals surface area contributed by atoms with Crippen LogP contribution in [0.2, 0.25) is 0 Å². The van der Waals surface area contributed by atoms with Crippen LogP contribution in [0.1, 0.15) is 58.4 Å². The van der Waals surface area contributed by atoms with Gasteiger partial charge < -0.3 is 10.9 Å². The first-order valence-corrected chi connectivity index (χ1v) is 16.1. The maximum absolute atomic E-state index is 10.4. The van der Waals surface area contributed by atoms with E-state index < -0.39 is 0 Å². The standard InChI is InChI=1S/C20H27NO.H2N26S.V/c1-4-5-6-7-12-20(2,3)17-10-11-18(19(22)14-17)16-9-8-13-21-15-16;1-2-3-4-5-6-7-8-9-10-11-12-13-14-15-16-17-18-19-20-21-22-23-24-25-26-27;/h8-11,13-15,22H,4-7,12H2,1-3H3;(H2,1,3,5,7,9,11,13,15,17,19,21,23,25,27);. The Bertz CT molecular complexity index is 1660. The Morgan fingerprint density at radius 1 is 0.680 bits per heavy atom. The normalized spacial score (nSPS) is 13.2. The fraction of sp³-hybridized carbons (Fsp3) is 0.450. The van der Waals surface area contributed by atoms with Crippen molar-refractivity contribution in [3.8, 4) is 16.9 Å². The predicted octanol–water partition coefficient (Wildman–Crippen LogP) is 9.70. The quantitative estimate of drug-likeness (QED) is 0.0613. The van der Waals surface area contributed by atoms with Crippen molar-refractivity contribution in [1.29, 1.82) is 0 Å². The molecule has 0 aliphatic heterocycles. The first-order chi connectivity index (χ1) is 24.5. The van der Waals surface area contributed by atoms with E-state index in [2.05, 4.69) is 183 Å². The summed E-state index contributed by atoms with van der Waals surface area (Å²) in [7, 11) is 1.02. The third-order valence-corrected chi connectivity index (χ3v) is 5.90. The predicted molar refractivity (Wildman–Crippen MR) is 165 cm³/mol. The van der Waals surface area contributed by atoms with Gasteiger partial charge in [0.15, 0.2) is 0 Å². The summed E-state index contributed by atoms with van der Waals surface area (Å²) in [5, 5.41) is 82.4. The van der Waals surface area contributed by atoms with Crippen LogP contribution in [0.25, 0.3) is 11.1 Å². The number of aromatic hydroxyl groups is 1. The van der Waals surface area contributed by atoms with Crippen LogP contribution in [0.4, 0.5) is 0 Å². The van der Waals surface area contributed by atoms with Crippen molar-refractivity contribution in [3.63, 3.8) is 0 Å². The Labute approximate surface area is 293 Å². The first kappa shape index (κ1) is 41.8. The SMILES string of the molecule is CCCCCCC(C)(C)c1ccc(-c2cccnc2)c(O)c1.N/N=N/N=N/N=N/N=N/N=N/N=N/N=N/N=N/N=N/N=N/N=N/N=N/N=[S]=[V]. The summed E-state index contributed by atoms with van der Waals surface area (Å²) >= 11 is 2.08. The zero-order valence-electron chi connectivity index (χ0n) is 26.6. The molecule has 0 spiro atoms. The summed E-state index contributed by atoms with van der Waals surface area (Å²) in [5.74, 6) is 4.95. The van der Waals surface area contributed by atoms with Crippen molar-refractivity contribution in [2.45, 2.75) is 58.3 Å². The van der Waals surface area contributed by atoms with Gasteiger partial charge in [0.1, 0.15) is 5.75 Å².